The molecule has 2 aromatic carbocycles. The summed E-state index contributed by atoms with van der Waals surface area (Å²) in [5, 5.41) is 24.4. The summed E-state index contributed by atoms with van der Waals surface area (Å²) in [5.41, 5.74) is -0.0655. The van der Waals surface area contributed by atoms with Gasteiger partial charge in [0.15, 0.2) is 5.82 Å². The maximum atomic E-state index is 13.9. The highest BCUT2D eigenvalue weighted by Gasteiger charge is 2.32. The summed E-state index contributed by atoms with van der Waals surface area (Å²) in [6.45, 7) is 0.921. The van der Waals surface area contributed by atoms with Crippen LogP contribution in [0.25, 0.3) is 10.9 Å². The number of hydrogen-bond acceptors (Lipinski definition) is 7. The zero-order valence-electron chi connectivity index (χ0n) is 21.2. The van der Waals surface area contributed by atoms with Crippen LogP contribution in [0.1, 0.15) is 29.8 Å². The SMILES string of the molecule is [B]C(Nc1cc(Cl)c2ncc(C#N)c(Nc3cnc(F)c(F)c3)c2c1)(c1ccc(F)cc1)c1cn([C@@H](C)CF)nn1. The van der Waals surface area contributed by atoms with Gasteiger partial charge in [-0.25, -0.2) is 22.8 Å². The van der Waals surface area contributed by atoms with Crippen LogP contribution in [0.4, 0.5) is 34.6 Å². The lowest BCUT2D eigenvalue weighted by atomic mass is 9.69. The van der Waals surface area contributed by atoms with Gasteiger partial charge in [0.05, 0.1) is 51.4 Å². The first-order valence-electron chi connectivity index (χ1n) is 12.0. The van der Waals surface area contributed by atoms with Gasteiger partial charge in [0.25, 0.3) is 0 Å². The lowest BCUT2D eigenvalue weighted by molar-refractivity contribution is 0.351. The fraction of sp³-hybridized carbons (Fsp3) is 0.148. The highest BCUT2D eigenvalue weighted by atomic mass is 35.5. The Bertz CT molecular complexity index is 1790. The van der Waals surface area contributed by atoms with Crippen molar-refractivity contribution in [2.45, 2.75) is 18.4 Å². The van der Waals surface area contributed by atoms with Crippen molar-refractivity contribution in [1.82, 2.24) is 25.0 Å². The lowest BCUT2D eigenvalue weighted by Gasteiger charge is -2.32. The van der Waals surface area contributed by atoms with Crippen LogP contribution >= 0.6 is 11.6 Å². The number of hydrogen-bond donors (Lipinski definition) is 2. The van der Waals surface area contributed by atoms with Gasteiger partial charge in [0.2, 0.25) is 5.95 Å². The van der Waals surface area contributed by atoms with Crippen molar-refractivity contribution in [3.8, 4) is 6.07 Å². The molecule has 0 spiro atoms. The number of rotatable bonds is 8. The second-order valence-corrected chi connectivity index (χ2v) is 9.57. The van der Waals surface area contributed by atoms with Crippen LogP contribution in [0.3, 0.4) is 0 Å². The van der Waals surface area contributed by atoms with E-state index in [0.29, 0.717) is 22.2 Å². The van der Waals surface area contributed by atoms with Crippen LogP contribution in [0.2, 0.25) is 5.02 Å². The van der Waals surface area contributed by atoms with E-state index < -0.39 is 35.7 Å². The van der Waals surface area contributed by atoms with Crippen molar-refractivity contribution in [2.24, 2.45) is 0 Å². The van der Waals surface area contributed by atoms with Gasteiger partial charge in [0, 0.05) is 23.3 Å². The van der Waals surface area contributed by atoms with Gasteiger partial charge in [-0.1, -0.05) is 28.9 Å². The molecular weight excluding hydrogens is 559 g/mol. The van der Waals surface area contributed by atoms with Gasteiger partial charge >= 0.3 is 0 Å². The number of aromatic nitrogens is 5. The number of halogens is 5. The molecular formula is C27H18BClF4N8. The fourth-order valence-electron chi connectivity index (χ4n) is 4.15. The van der Waals surface area contributed by atoms with E-state index in [2.05, 4.69) is 30.9 Å². The van der Waals surface area contributed by atoms with Crippen LogP contribution in [0.5, 0.6) is 0 Å². The predicted molar refractivity (Wildman–Crippen MR) is 146 cm³/mol. The summed E-state index contributed by atoms with van der Waals surface area (Å²) in [6.07, 6.45) is 3.82. The Morgan fingerprint density at radius 2 is 1.85 bits per heavy atom. The number of benzene rings is 2. The molecule has 3 aromatic heterocycles. The van der Waals surface area contributed by atoms with Gasteiger partial charge < -0.3 is 10.6 Å². The maximum Gasteiger partial charge on any atom is 0.249 e. The summed E-state index contributed by atoms with van der Waals surface area (Å²) < 4.78 is 55.7. The van der Waals surface area contributed by atoms with E-state index in [9.17, 15) is 22.8 Å². The summed E-state index contributed by atoms with van der Waals surface area (Å²) in [5.74, 6) is -2.95. The van der Waals surface area contributed by atoms with Crippen LogP contribution in [0, 0.1) is 28.9 Å². The first kappa shape index (κ1) is 27.9. The molecule has 14 heteroatoms. The molecule has 0 aliphatic rings. The smallest absolute Gasteiger partial charge is 0.249 e. The zero-order valence-corrected chi connectivity index (χ0v) is 22.0. The second-order valence-electron chi connectivity index (χ2n) is 9.16. The summed E-state index contributed by atoms with van der Waals surface area (Å²) in [4.78, 5) is 7.64. The minimum atomic E-state index is -1.61. The minimum Gasteiger partial charge on any atom is -0.378 e. The van der Waals surface area contributed by atoms with Crippen LogP contribution < -0.4 is 10.6 Å². The van der Waals surface area contributed by atoms with E-state index >= 15 is 0 Å². The van der Waals surface area contributed by atoms with Crippen LogP contribution in [-0.4, -0.2) is 39.5 Å². The van der Waals surface area contributed by atoms with Crippen LogP contribution in [-0.2, 0) is 5.44 Å². The molecule has 2 N–H and O–H groups in total. The molecule has 5 aromatic rings. The second kappa shape index (κ2) is 11.1. The number of pyridine rings is 2. The molecule has 0 saturated heterocycles. The molecule has 2 atom stereocenters. The third kappa shape index (κ3) is 5.38. The Morgan fingerprint density at radius 1 is 1.10 bits per heavy atom. The molecule has 0 fully saturated rings. The van der Waals surface area contributed by atoms with Gasteiger partial charge in [-0.3, -0.25) is 4.98 Å². The normalized spacial score (nSPS) is 13.4. The van der Waals surface area contributed by atoms with Gasteiger partial charge in [-0.15, -0.1) is 5.10 Å². The molecule has 0 bridgehead atoms. The van der Waals surface area contributed by atoms with E-state index in [-0.39, 0.29) is 27.7 Å². The lowest BCUT2D eigenvalue weighted by Crippen LogP contribution is -2.37. The average Bonchev–Trinajstić information content (AvgIpc) is 3.46. The average molecular weight is 577 g/mol. The number of nitrogens with zero attached hydrogens (tertiary/aromatic N) is 6. The van der Waals surface area contributed by atoms with Gasteiger partial charge in [-0.2, -0.15) is 9.65 Å². The first-order chi connectivity index (χ1) is 19.6. The van der Waals surface area contributed by atoms with E-state index in [1.807, 2.05) is 6.07 Å². The molecule has 2 radical (unpaired) electrons. The standard InChI is InChI=1S/C27H18BClF4N8/c1-14(9-30)41-13-23(39-40-41)27(28,16-2-4-17(31)5-3-16)38-18-6-20-24(37-19-8-22(32)26(33)36-12-19)15(10-34)11-35-25(20)21(29)7-18/h2-8,11-14,38H,9H2,1H3,(H,35,37)/t14-,27?/m0/s1. The Labute approximate surface area is 237 Å². The van der Waals surface area contributed by atoms with E-state index in [1.54, 1.807) is 13.0 Å². The maximum absolute atomic E-state index is 13.9. The first-order valence-corrected chi connectivity index (χ1v) is 12.4. The largest absolute Gasteiger partial charge is 0.378 e. The molecule has 0 saturated carbocycles. The van der Waals surface area contributed by atoms with Crippen molar-refractivity contribution in [3.63, 3.8) is 0 Å². The third-order valence-corrected chi connectivity index (χ3v) is 6.63. The Morgan fingerprint density at radius 3 is 2.54 bits per heavy atom. The third-order valence-electron chi connectivity index (χ3n) is 6.34. The molecule has 0 aliphatic heterocycles. The molecule has 204 valence electrons. The van der Waals surface area contributed by atoms with Crippen molar-refractivity contribution < 1.29 is 17.6 Å². The van der Waals surface area contributed by atoms with Gasteiger partial charge in [0.1, 0.15) is 32.1 Å². The predicted octanol–water partition coefficient (Wildman–Crippen LogP) is 5.92. The number of anilines is 3. The van der Waals surface area contributed by atoms with E-state index in [1.165, 1.54) is 47.4 Å². The quantitative estimate of drug-likeness (QED) is 0.134. The molecule has 5 rings (SSSR count). The fourth-order valence-corrected chi connectivity index (χ4v) is 4.42. The number of alkyl halides is 1. The Hall–Kier alpha value is -4.70. The summed E-state index contributed by atoms with van der Waals surface area (Å²) in [6, 6.07) is 10.8. The van der Waals surface area contributed by atoms with Crippen molar-refractivity contribution in [2.75, 3.05) is 17.3 Å². The monoisotopic (exact) mass is 576 g/mol. The Kier molecular flexibility index (Phi) is 7.51. The highest BCUT2D eigenvalue weighted by Crippen LogP contribution is 2.37. The van der Waals surface area contributed by atoms with Crippen LogP contribution in [0.15, 0.2) is 61.1 Å². The summed E-state index contributed by atoms with van der Waals surface area (Å²) >= 11 is 6.59. The molecule has 3 heterocycles. The molecule has 41 heavy (non-hydrogen) atoms. The molecule has 8 nitrogen and oxygen atoms in total. The van der Waals surface area contributed by atoms with Crippen molar-refractivity contribution in [1.29, 1.82) is 5.26 Å². The molecule has 0 amide bonds. The van der Waals surface area contributed by atoms with E-state index in [0.717, 1.165) is 12.3 Å². The number of fused-ring (bicyclic) bond motifs is 1. The number of nitriles is 1. The van der Waals surface area contributed by atoms with E-state index in [4.69, 9.17) is 19.4 Å². The highest BCUT2D eigenvalue weighted by molar-refractivity contribution is 6.36. The number of nitrogens with one attached hydrogen (secondary N) is 2. The molecule has 1 unspecified atom stereocenters. The molecule has 0 aliphatic carbocycles. The summed E-state index contributed by atoms with van der Waals surface area (Å²) in [7, 11) is 6.87. The Balaban J connectivity index is 1.65. The van der Waals surface area contributed by atoms with Gasteiger partial charge in [-0.05, 0) is 36.8 Å². The van der Waals surface area contributed by atoms with Crippen molar-refractivity contribution >= 4 is 47.4 Å². The zero-order chi connectivity index (χ0) is 29.3. The van der Waals surface area contributed by atoms with Crippen molar-refractivity contribution in [3.05, 3.63) is 100 Å². The topological polar surface area (TPSA) is 104 Å². The minimum absolute atomic E-state index is 0.0699.